The van der Waals surface area contributed by atoms with E-state index in [1.54, 1.807) is 0 Å². The van der Waals surface area contributed by atoms with Crippen LogP contribution in [-0.2, 0) is 0 Å². The lowest BCUT2D eigenvalue weighted by molar-refractivity contribution is 0.631. The Morgan fingerprint density at radius 3 is 1.61 bits per heavy atom. The Morgan fingerprint density at radius 1 is 0.315 bits per heavy atom. The van der Waals surface area contributed by atoms with E-state index in [4.69, 9.17) is 4.42 Å². The molecule has 1 heterocycles. The minimum atomic E-state index is 0.838. The van der Waals surface area contributed by atoms with Crippen LogP contribution in [0.1, 0.15) is 0 Å². The highest BCUT2D eigenvalue weighted by molar-refractivity contribution is 6.13. The van der Waals surface area contributed by atoms with E-state index in [-0.39, 0.29) is 0 Å². The van der Waals surface area contributed by atoms with Gasteiger partial charge in [0.25, 0.3) is 0 Å². The molecule has 0 aliphatic heterocycles. The molecule has 54 heavy (non-hydrogen) atoms. The van der Waals surface area contributed by atoms with Gasteiger partial charge in [0.1, 0.15) is 11.3 Å². The summed E-state index contributed by atoms with van der Waals surface area (Å²) in [5.41, 5.74) is 12.2. The number of nitrogens with zero attached hydrogens (tertiary/aromatic N) is 1. The molecule has 10 rings (SSSR count). The summed E-state index contributed by atoms with van der Waals surface area (Å²) in [6, 6.07) is 75.8. The van der Waals surface area contributed by atoms with Gasteiger partial charge in [-0.2, -0.15) is 0 Å². The van der Waals surface area contributed by atoms with Gasteiger partial charge in [0, 0.05) is 22.3 Å². The van der Waals surface area contributed by atoms with Crippen LogP contribution in [0, 0.1) is 0 Å². The molecule has 0 saturated heterocycles. The lowest BCUT2D eigenvalue weighted by atomic mass is 9.93. The van der Waals surface area contributed by atoms with Gasteiger partial charge in [0.05, 0.1) is 5.69 Å². The predicted octanol–water partition coefficient (Wildman–Crippen LogP) is 14.9. The second-order valence-electron chi connectivity index (χ2n) is 13.7. The summed E-state index contributed by atoms with van der Waals surface area (Å²) in [6.45, 7) is 0. The molecular weight excluding hydrogens is 655 g/mol. The zero-order valence-electron chi connectivity index (χ0n) is 29.6. The molecule has 10 aromatic rings. The quantitative estimate of drug-likeness (QED) is 0.155. The Labute approximate surface area is 314 Å². The summed E-state index contributed by atoms with van der Waals surface area (Å²) >= 11 is 0. The van der Waals surface area contributed by atoms with E-state index in [1.165, 1.54) is 54.9 Å². The number of hydrogen-bond acceptors (Lipinski definition) is 2. The van der Waals surface area contributed by atoms with Crippen molar-refractivity contribution < 1.29 is 4.42 Å². The smallest absolute Gasteiger partial charge is 0.137 e. The molecular formula is C52H35NO. The minimum absolute atomic E-state index is 0.838. The van der Waals surface area contributed by atoms with Gasteiger partial charge >= 0.3 is 0 Å². The second kappa shape index (κ2) is 13.4. The number of benzene rings is 9. The van der Waals surface area contributed by atoms with Crippen molar-refractivity contribution in [3.05, 3.63) is 212 Å². The van der Waals surface area contributed by atoms with Crippen LogP contribution in [0.25, 0.3) is 77.2 Å². The first-order valence-electron chi connectivity index (χ1n) is 18.4. The summed E-state index contributed by atoms with van der Waals surface area (Å²) in [5, 5.41) is 6.12. The van der Waals surface area contributed by atoms with Crippen LogP contribution in [0.4, 0.5) is 17.1 Å². The number of fused-ring (bicyclic) bond motifs is 4. The standard InChI is InChI=1S/C52H35NO/c1-2-13-36(14-3-1)39-17-12-18-40(33-39)37-25-29-43(30-26-37)53(50-23-10-9-22-48(50)52-35-42-16-5-11-24-51(42)54-52)44-31-27-38(28-32-44)49-34-41-15-4-6-19-45(41)46-20-7-8-21-47(46)49/h1-35H. The minimum Gasteiger partial charge on any atom is -0.456 e. The summed E-state index contributed by atoms with van der Waals surface area (Å²) in [5.74, 6) is 0.838. The summed E-state index contributed by atoms with van der Waals surface area (Å²) in [7, 11) is 0. The van der Waals surface area contributed by atoms with Crippen LogP contribution in [0.15, 0.2) is 217 Å². The van der Waals surface area contributed by atoms with E-state index in [1.807, 2.05) is 12.1 Å². The number of rotatable bonds is 7. The molecule has 0 spiro atoms. The third-order valence-corrected chi connectivity index (χ3v) is 10.5. The van der Waals surface area contributed by atoms with Crippen LogP contribution in [-0.4, -0.2) is 0 Å². The van der Waals surface area contributed by atoms with Gasteiger partial charge in [-0.15, -0.1) is 0 Å². The second-order valence-corrected chi connectivity index (χ2v) is 13.7. The van der Waals surface area contributed by atoms with Crippen molar-refractivity contribution in [1.82, 2.24) is 0 Å². The van der Waals surface area contributed by atoms with E-state index < -0.39 is 0 Å². The Hall–Kier alpha value is -7.16. The fraction of sp³-hybridized carbons (Fsp3) is 0. The Kier molecular flexibility index (Phi) is 7.85. The lowest BCUT2D eigenvalue weighted by Gasteiger charge is -2.27. The van der Waals surface area contributed by atoms with Crippen LogP contribution < -0.4 is 4.90 Å². The van der Waals surface area contributed by atoms with E-state index in [0.29, 0.717) is 0 Å². The zero-order chi connectivity index (χ0) is 35.8. The first kappa shape index (κ1) is 31.6. The van der Waals surface area contributed by atoms with E-state index in [9.17, 15) is 0 Å². The van der Waals surface area contributed by atoms with E-state index >= 15 is 0 Å². The molecule has 1 aromatic heterocycles. The molecule has 0 saturated carbocycles. The first-order valence-corrected chi connectivity index (χ1v) is 18.4. The summed E-state index contributed by atoms with van der Waals surface area (Å²) in [6.07, 6.45) is 0. The average Bonchev–Trinajstić information content (AvgIpc) is 3.69. The van der Waals surface area contributed by atoms with E-state index in [0.717, 1.165) is 39.4 Å². The molecule has 0 N–H and O–H groups in total. The highest BCUT2D eigenvalue weighted by atomic mass is 16.3. The largest absolute Gasteiger partial charge is 0.456 e. The van der Waals surface area contributed by atoms with Crippen LogP contribution in [0.5, 0.6) is 0 Å². The van der Waals surface area contributed by atoms with Crippen LogP contribution >= 0.6 is 0 Å². The maximum Gasteiger partial charge on any atom is 0.137 e. The number of furan rings is 1. The molecule has 0 aliphatic carbocycles. The molecule has 254 valence electrons. The molecule has 0 fully saturated rings. The molecule has 2 nitrogen and oxygen atoms in total. The van der Waals surface area contributed by atoms with Crippen molar-refractivity contribution in [3.8, 4) is 44.7 Å². The van der Waals surface area contributed by atoms with Crippen molar-refractivity contribution in [3.63, 3.8) is 0 Å². The predicted molar refractivity (Wildman–Crippen MR) is 228 cm³/mol. The molecule has 0 unspecified atom stereocenters. The van der Waals surface area contributed by atoms with Gasteiger partial charge in [-0.3, -0.25) is 0 Å². The molecule has 0 bridgehead atoms. The highest BCUT2D eigenvalue weighted by Gasteiger charge is 2.20. The first-order chi connectivity index (χ1) is 26.8. The molecule has 0 aliphatic rings. The van der Waals surface area contributed by atoms with Gasteiger partial charge in [-0.05, 0) is 116 Å². The normalized spacial score (nSPS) is 11.3. The molecule has 0 amide bonds. The van der Waals surface area contributed by atoms with Crippen molar-refractivity contribution in [2.24, 2.45) is 0 Å². The number of anilines is 3. The number of para-hydroxylation sites is 2. The van der Waals surface area contributed by atoms with Crippen molar-refractivity contribution in [1.29, 1.82) is 0 Å². The highest BCUT2D eigenvalue weighted by Crippen LogP contribution is 2.44. The molecule has 9 aromatic carbocycles. The molecule has 0 atom stereocenters. The van der Waals surface area contributed by atoms with Crippen molar-refractivity contribution in [2.45, 2.75) is 0 Å². The van der Waals surface area contributed by atoms with Gasteiger partial charge in [0.2, 0.25) is 0 Å². The zero-order valence-corrected chi connectivity index (χ0v) is 29.6. The monoisotopic (exact) mass is 689 g/mol. The Balaban J connectivity index is 1.09. The lowest BCUT2D eigenvalue weighted by Crippen LogP contribution is -2.11. The van der Waals surface area contributed by atoms with Crippen LogP contribution in [0.2, 0.25) is 0 Å². The van der Waals surface area contributed by atoms with E-state index in [2.05, 4.69) is 205 Å². The van der Waals surface area contributed by atoms with Crippen LogP contribution in [0.3, 0.4) is 0 Å². The maximum atomic E-state index is 6.47. The Bertz CT molecular complexity index is 2890. The maximum absolute atomic E-state index is 6.47. The van der Waals surface area contributed by atoms with Gasteiger partial charge < -0.3 is 9.32 Å². The average molecular weight is 690 g/mol. The van der Waals surface area contributed by atoms with Crippen molar-refractivity contribution >= 4 is 49.6 Å². The third kappa shape index (κ3) is 5.71. The SMILES string of the molecule is c1ccc(-c2cccc(-c3ccc(N(c4ccc(-c5cc6ccccc6c6ccccc56)cc4)c4ccccc4-c4cc5ccccc5o4)cc3)c2)cc1. The summed E-state index contributed by atoms with van der Waals surface area (Å²) < 4.78 is 6.47. The molecule has 2 heteroatoms. The summed E-state index contributed by atoms with van der Waals surface area (Å²) in [4.78, 5) is 2.34. The van der Waals surface area contributed by atoms with Gasteiger partial charge in [-0.25, -0.2) is 0 Å². The third-order valence-electron chi connectivity index (χ3n) is 10.5. The van der Waals surface area contributed by atoms with Gasteiger partial charge in [-0.1, -0.05) is 152 Å². The number of hydrogen-bond donors (Lipinski definition) is 0. The fourth-order valence-electron chi connectivity index (χ4n) is 7.81. The van der Waals surface area contributed by atoms with Crippen molar-refractivity contribution in [2.75, 3.05) is 4.90 Å². The van der Waals surface area contributed by atoms with Gasteiger partial charge in [0.15, 0.2) is 0 Å². The fourth-order valence-corrected chi connectivity index (χ4v) is 7.81. The molecule has 0 radical (unpaired) electrons. The Morgan fingerprint density at radius 2 is 0.870 bits per heavy atom. The topological polar surface area (TPSA) is 16.4 Å².